The third-order valence-electron chi connectivity index (χ3n) is 4.18. The van der Waals surface area contributed by atoms with Crippen LogP contribution in [0.25, 0.3) is 0 Å². The van der Waals surface area contributed by atoms with Gasteiger partial charge >= 0.3 is 0 Å². The van der Waals surface area contributed by atoms with Crippen LogP contribution in [0.1, 0.15) is 48.5 Å². The first-order chi connectivity index (χ1) is 9.70. The summed E-state index contributed by atoms with van der Waals surface area (Å²) >= 11 is 0. The van der Waals surface area contributed by atoms with Gasteiger partial charge in [0.15, 0.2) is 0 Å². The highest BCUT2D eigenvalue weighted by Gasteiger charge is 2.46. The lowest BCUT2D eigenvalue weighted by Gasteiger charge is -2.42. The molecule has 0 atom stereocenters. The Morgan fingerprint density at radius 3 is 1.71 bits per heavy atom. The second-order valence-electron chi connectivity index (χ2n) is 6.63. The molecule has 0 aliphatic carbocycles. The fourth-order valence-corrected chi connectivity index (χ4v) is 8.62. The molecular formula is C17H29NO2Si. The first-order valence-electron chi connectivity index (χ1n) is 7.76. The summed E-state index contributed by atoms with van der Waals surface area (Å²) in [5.74, 6) is 0.853. The number of benzene rings is 1. The van der Waals surface area contributed by atoms with Crippen molar-refractivity contribution in [2.24, 2.45) is 0 Å². The number of anilines is 1. The minimum absolute atomic E-state index is 0.0565. The van der Waals surface area contributed by atoms with Crippen molar-refractivity contribution in [1.29, 1.82) is 0 Å². The Bertz CT molecular complexity index is 444. The maximum atomic E-state index is 11.1. The van der Waals surface area contributed by atoms with Gasteiger partial charge < -0.3 is 9.74 Å². The summed E-state index contributed by atoms with van der Waals surface area (Å²) in [5.41, 5.74) is 2.45. The normalized spacial score (nSPS) is 12.1. The number of hydrogen-bond donors (Lipinski definition) is 1. The lowest BCUT2D eigenvalue weighted by atomic mass is 10.3. The molecule has 0 heterocycles. The van der Waals surface area contributed by atoms with Crippen LogP contribution in [0.5, 0.6) is 5.75 Å². The monoisotopic (exact) mass is 307 g/mol. The molecule has 3 nitrogen and oxygen atoms in total. The summed E-state index contributed by atoms with van der Waals surface area (Å²) in [5, 5.41) is 2.78. The Kier molecular flexibility index (Phi) is 6.02. The molecule has 0 saturated heterocycles. The molecule has 1 rings (SSSR count). The standard InChI is InChI=1S/C17H29NO2Si/c1-12(2)21(13(3)4,14(5)6)20-17-10-8-16(9-11-17)18-15(7)19/h8-14H,1-7H3,(H,18,19). The van der Waals surface area contributed by atoms with E-state index in [9.17, 15) is 4.79 Å². The van der Waals surface area contributed by atoms with Gasteiger partial charge in [0.05, 0.1) is 0 Å². The van der Waals surface area contributed by atoms with Gasteiger partial charge in [0.2, 0.25) is 5.91 Å². The minimum Gasteiger partial charge on any atom is -0.543 e. The number of nitrogens with one attached hydrogen (secondary N) is 1. The lowest BCUT2D eigenvalue weighted by Crippen LogP contribution is -2.50. The van der Waals surface area contributed by atoms with E-state index >= 15 is 0 Å². The Morgan fingerprint density at radius 2 is 1.38 bits per heavy atom. The van der Waals surface area contributed by atoms with E-state index < -0.39 is 8.32 Å². The zero-order valence-corrected chi connectivity index (χ0v) is 15.4. The molecule has 0 saturated carbocycles. The fraction of sp³-hybridized carbons (Fsp3) is 0.588. The lowest BCUT2D eigenvalue weighted by molar-refractivity contribution is -0.114. The first kappa shape index (κ1) is 17.8. The Morgan fingerprint density at radius 1 is 0.952 bits per heavy atom. The third kappa shape index (κ3) is 4.10. The molecule has 118 valence electrons. The zero-order valence-electron chi connectivity index (χ0n) is 14.4. The van der Waals surface area contributed by atoms with Gasteiger partial charge in [-0.1, -0.05) is 41.5 Å². The van der Waals surface area contributed by atoms with E-state index in [0.717, 1.165) is 11.4 Å². The summed E-state index contributed by atoms with van der Waals surface area (Å²) in [6, 6.07) is 7.72. The molecule has 21 heavy (non-hydrogen) atoms. The first-order valence-corrected chi connectivity index (χ1v) is 9.90. The summed E-state index contributed by atoms with van der Waals surface area (Å²) < 4.78 is 6.57. The zero-order chi connectivity index (χ0) is 16.2. The average Bonchev–Trinajstić information content (AvgIpc) is 2.35. The molecule has 0 fully saturated rings. The Labute approximate surface area is 130 Å². The van der Waals surface area contributed by atoms with E-state index in [1.807, 2.05) is 24.3 Å². The van der Waals surface area contributed by atoms with E-state index in [1.54, 1.807) is 0 Å². The summed E-state index contributed by atoms with van der Waals surface area (Å²) in [6.07, 6.45) is 0. The predicted molar refractivity (Wildman–Crippen MR) is 92.4 cm³/mol. The van der Waals surface area contributed by atoms with E-state index in [2.05, 4.69) is 46.9 Å². The number of hydrogen-bond acceptors (Lipinski definition) is 2. The van der Waals surface area contributed by atoms with Crippen molar-refractivity contribution in [3.05, 3.63) is 24.3 Å². The molecule has 1 aromatic carbocycles. The Balaban J connectivity index is 3.01. The topological polar surface area (TPSA) is 38.3 Å². The van der Waals surface area contributed by atoms with Gasteiger partial charge in [0, 0.05) is 12.6 Å². The van der Waals surface area contributed by atoms with Crippen LogP contribution in [-0.4, -0.2) is 14.2 Å². The van der Waals surface area contributed by atoms with Crippen LogP contribution in [0.2, 0.25) is 16.6 Å². The van der Waals surface area contributed by atoms with Crippen molar-refractivity contribution < 1.29 is 9.22 Å². The summed E-state index contributed by atoms with van der Waals surface area (Å²) in [7, 11) is -1.91. The van der Waals surface area contributed by atoms with Gasteiger partial charge in [-0.25, -0.2) is 0 Å². The Hall–Kier alpha value is -1.29. The van der Waals surface area contributed by atoms with Crippen LogP contribution >= 0.6 is 0 Å². The van der Waals surface area contributed by atoms with Crippen molar-refractivity contribution in [3.8, 4) is 5.75 Å². The highest BCUT2D eigenvalue weighted by atomic mass is 28.4. The molecule has 1 N–H and O–H groups in total. The maximum absolute atomic E-state index is 11.1. The smallest absolute Gasteiger partial charge is 0.258 e. The van der Waals surface area contributed by atoms with Crippen LogP contribution in [0.4, 0.5) is 5.69 Å². The number of carbonyl (C=O) groups is 1. The van der Waals surface area contributed by atoms with Crippen LogP contribution in [0.15, 0.2) is 24.3 Å². The number of carbonyl (C=O) groups excluding carboxylic acids is 1. The highest BCUT2D eigenvalue weighted by molar-refractivity contribution is 6.78. The van der Waals surface area contributed by atoms with Gasteiger partial charge in [-0.3, -0.25) is 4.79 Å². The van der Waals surface area contributed by atoms with E-state index in [1.165, 1.54) is 6.92 Å². The SMILES string of the molecule is CC(=O)Nc1ccc(O[Si](C(C)C)(C(C)C)C(C)C)cc1. The third-order valence-corrected chi connectivity index (χ3v) is 10.2. The van der Waals surface area contributed by atoms with Gasteiger partial charge in [0.25, 0.3) is 8.32 Å². The quantitative estimate of drug-likeness (QED) is 0.734. The van der Waals surface area contributed by atoms with Gasteiger partial charge in [-0.05, 0) is 40.9 Å². The largest absolute Gasteiger partial charge is 0.543 e. The second kappa shape index (κ2) is 7.12. The summed E-state index contributed by atoms with van der Waals surface area (Å²) in [4.78, 5) is 11.1. The van der Waals surface area contributed by atoms with Gasteiger partial charge in [-0.15, -0.1) is 0 Å². The molecule has 0 bridgehead atoms. The average molecular weight is 308 g/mol. The molecule has 1 aromatic rings. The van der Waals surface area contributed by atoms with Crippen molar-refractivity contribution in [3.63, 3.8) is 0 Å². The molecular weight excluding hydrogens is 278 g/mol. The number of amides is 1. The predicted octanol–water partition coefficient (Wildman–Crippen LogP) is 5.20. The van der Waals surface area contributed by atoms with Crippen molar-refractivity contribution in [2.45, 2.75) is 65.1 Å². The summed E-state index contributed by atoms with van der Waals surface area (Å²) in [6.45, 7) is 15.2. The molecule has 1 amide bonds. The molecule has 0 radical (unpaired) electrons. The van der Waals surface area contributed by atoms with Crippen molar-refractivity contribution in [2.75, 3.05) is 5.32 Å². The number of rotatable bonds is 6. The van der Waals surface area contributed by atoms with E-state index in [4.69, 9.17) is 4.43 Å². The van der Waals surface area contributed by atoms with Crippen LogP contribution in [0.3, 0.4) is 0 Å². The van der Waals surface area contributed by atoms with Crippen LogP contribution in [0, 0.1) is 0 Å². The molecule has 0 unspecified atom stereocenters. The van der Waals surface area contributed by atoms with Gasteiger partial charge in [-0.2, -0.15) is 0 Å². The molecule has 4 heteroatoms. The highest BCUT2D eigenvalue weighted by Crippen LogP contribution is 2.42. The molecule has 0 aliphatic rings. The van der Waals surface area contributed by atoms with Crippen molar-refractivity contribution >= 4 is 19.9 Å². The molecule has 0 spiro atoms. The van der Waals surface area contributed by atoms with E-state index in [-0.39, 0.29) is 5.91 Å². The van der Waals surface area contributed by atoms with Crippen molar-refractivity contribution in [1.82, 2.24) is 0 Å². The maximum Gasteiger partial charge on any atom is 0.258 e. The molecule has 0 aromatic heterocycles. The minimum atomic E-state index is -1.91. The molecule has 0 aliphatic heterocycles. The fourth-order valence-electron chi connectivity index (χ4n) is 3.37. The van der Waals surface area contributed by atoms with E-state index in [0.29, 0.717) is 16.6 Å². The van der Waals surface area contributed by atoms with Crippen LogP contribution in [-0.2, 0) is 4.79 Å². The van der Waals surface area contributed by atoms with Crippen LogP contribution < -0.4 is 9.74 Å². The van der Waals surface area contributed by atoms with Gasteiger partial charge in [0.1, 0.15) is 5.75 Å². The second-order valence-corrected chi connectivity index (χ2v) is 12.0.